The van der Waals surface area contributed by atoms with Crippen molar-refractivity contribution in [2.45, 2.75) is 32.2 Å². The first kappa shape index (κ1) is 12.3. The van der Waals surface area contributed by atoms with Crippen LogP contribution in [0.1, 0.15) is 37.8 Å². The maximum absolute atomic E-state index is 6.32. The van der Waals surface area contributed by atoms with Gasteiger partial charge in [-0.15, -0.1) is 0 Å². The summed E-state index contributed by atoms with van der Waals surface area (Å²) in [4.78, 5) is 2.49. The van der Waals surface area contributed by atoms with Crippen molar-refractivity contribution in [2.24, 2.45) is 17.6 Å². The predicted molar refractivity (Wildman–Crippen MR) is 77.1 cm³/mol. The number of hydrogen-bond acceptors (Lipinski definition) is 2. The second-order valence-electron chi connectivity index (χ2n) is 5.85. The highest BCUT2D eigenvalue weighted by molar-refractivity contribution is 6.31. The van der Waals surface area contributed by atoms with Crippen molar-refractivity contribution in [3.05, 3.63) is 28.8 Å². The number of benzene rings is 1. The monoisotopic (exact) mass is 264 g/mol. The molecule has 3 unspecified atom stereocenters. The Kier molecular flexibility index (Phi) is 3.25. The molecule has 3 rings (SSSR count). The smallest absolute Gasteiger partial charge is 0.0474 e. The van der Waals surface area contributed by atoms with E-state index in [1.165, 1.54) is 38.0 Å². The van der Waals surface area contributed by atoms with Crippen molar-refractivity contribution in [3.8, 4) is 0 Å². The number of hydrogen-bond donors (Lipinski definition) is 1. The Bertz CT molecular complexity index is 432. The van der Waals surface area contributed by atoms with Crippen molar-refractivity contribution in [1.29, 1.82) is 0 Å². The fourth-order valence-electron chi connectivity index (χ4n) is 3.53. The third-order valence-corrected chi connectivity index (χ3v) is 4.89. The van der Waals surface area contributed by atoms with E-state index in [-0.39, 0.29) is 6.04 Å². The van der Waals surface area contributed by atoms with Crippen molar-refractivity contribution < 1.29 is 0 Å². The van der Waals surface area contributed by atoms with Crippen LogP contribution in [0.15, 0.2) is 18.2 Å². The highest BCUT2D eigenvalue weighted by Crippen LogP contribution is 2.40. The predicted octanol–water partition coefficient (Wildman–Crippen LogP) is 3.60. The molecule has 0 bridgehead atoms. The molecule has 1 saturated heterocycles. The summed E-state index contributed by atoms with van der Waals surface area (Å²) in [5.41, 5.74) is 8.20. The molecule has 0 aromatic heterocycles. The van der Waals surface area contributed by atoms with Crippen molar-refractivity contribution >= 4 is 17.3 Å². The van der Waals surface area contributed by atoms with Crippen LogP contribution >= 0.6 is 11.6 Å². The summed E-state index contributed by atoms with van der Waals surface area (Å²) in [6.45, 7) is 4.39. The Hall–Kier alpha value is -0.730. The normalized spacial score (nSPS) is 28.5. The van der Waals surface area contributed by atoms with Crippen molar-refractivity contribution in [2.75, 3.05) is 18.0 Å². The molecule has 2 N–H and O–H groups in total. The Morgan fingerprint density at radius 3 is 2.50 bits per heavy atom. The summed E-state index contributed by atoms with van der Waals surface area (Å²) in [5, 5.41) is 0.805. The summed E-state index contributed by atoms with van der Waals surface area (Å²) in [7, 11) is 0. The van der Waals surface area contributed by atoms with E-state index in [1.807, 2.05) is 6.92 Å². The average molecular weight is 265 g/mol. The number of fused-ring (bicyclic) bond motifs is 1. The average Bonchev–Trinajstić information content (AvgIpc) is 2.87. The van der Waals surface area contributed by atoms with E-state index in [0.717, 1.165) is 22.4 Å². The maximum atomic E-state index is 6.32. The van der Waals surface area contributed by atoms with Gasteiger partial charge in [0.15, 0.2) is 0 Å². The van der Waals surface area contributed by atoms with E-state index in [0.29, 0.717) is 0 Å². The Morgan fingerprint density at radius 1 is 1.28 bits per heavy atom. The lowest BCUT2D eigenvalue weighted by Crippen LogP contribution is -2.20. The molecule has 2 nitrogen and oxygen atoms in total. The fraction of sp³-hybridized carbons (Fsp3) is 0.600. The largest absolute Gasteiger partial charge is 0.371 e. The van der Waals surface area contributed by atoms with Crippen LogP contribution in [0, 0.1) is 11.8 Å². The summed E-state index contributed by atoms with van der Waals surface area (Å²) in [5.74, 6) is 1.83. The standard InChI is InChI=1S/C15H21ClN2/c1-10(17)14-6-5-13(7-15(14)16)18-8-11-3-2-4-12(11)9-18/h5-7,10-12H,2-4,8-9,17H2,1H3. The highest BCUT2D eigenvalue weighted by Gasteiger charge is 2.36. The van der Waals surface area contributed by atoms with Crippen LogP contribution in [0.4, 0.5) is 5.69 Å². The van der Waals surface area contributed by atoms with Gasteiger partial charge in [0.25, 0.3) is 0 Å². The first-order chi connectivity index (χ1) is 8.65. The van der Waals surface area contributed by atoms with Gasteiger partial charge < -0.3 is 10.6 Å². The van der Waals surface area contributed by atoms with Gasteiger partial charge in [-0.25, -0.2) is 0 Å². The molecule has 1 aromatic carbocycles. The maximum Gasteiger partial charge on any atom is 0.0474 e. The molecule has 1 heterocycles. The van der Waals surface area contributed by atoms with Gasteiger partial charge in [0.2, 0.25) is 0 Å². The summed E-state index contributed by atoms with van der Waals surface area (Å²) in [6, 6.07) is 6.34. The van der Waals surface area contributed by atoms with E-state index < -0.39 is 0 Å². The first-order valence-corrected chi connectivity index (χ1v) is 7.33. The van der Waals surface area contributed by atoms with Crippen LogP contribution in [-0.2, 0) is 0 Å². The minimum Gasteiger partial charge on any atom is -0.371 e. The van der Waals surface area contributed by atoms with Gasteiger partial charge in [-0.05, 0) is 49.3 Å². The molecule has 98 valence electrons. The minimum absolute atomic E-state index is 0.00417. The molecule has 3 heteroatoms. The van der Waals surface area contributed by atoms with E-state index in [4.69, 9.17) is 17.3 Å². The molecular formula is C15H21ClN2. The van der Waals surface area contributed by atoms with Gasteiger partial charge in [0.1, 0.15) is 0 Å². The number of halogens is 1. The van der Waals surface area contributed by atoms with Gasteiger partial charge in [-0.3, -0.25) is 0 Å². The summed E-state index contributed by atoms with van der Waals surface area (Å²) >= 11 is 6.32. The lowest BCUT2D eigenvalue weighted by atomic mass is 10.0. The molecule has 1 aromatic rings. The zero-order valence-corrected chi connectivity index (χ0v) is 11.7. The van der Waals surface area contributed by atoms with Gasteiger partial charge >= 0.3 is 0 Å². The topological polar surface area (TPSA) is 29.3 Å². The molecule has 3 atom stereocenters. The number of rotatable bonds is 2. The van der Waals surface area contributed by atoms with E-state index in [9.17, 15) is 0 Å². The molecule has 2 aliphatic rings. The molecule has 1 saturated carbocycles. The molecular weight excluding hydrogens is 244 g/mol. The zero-order chi connectivity index (χ0) is 12.7. The molecule has 0 amide bonds. The molecule has 2 fully saturated rings. The number of anilines is 1. The molecule has 1 aliphatic heterocycles. The lowest BCUT2D eigenvalue weighted by molar-refractivity contribution is 0.494. The lowest BCUT2D eigenvalue weighted by Gasteiger charge is -2.21. The van der Waals surface area contributed by atoms with Crippen LogP contribution in [0.5, 0.6) is 0 Å². The second-order valence-corrected chi connectivity index (χ2v) is 6.26. The highest BCUT2D eigenvalue weighted by atomic mass is 35.5. The van der Waals surface area contributed by atoms with Gasteiger partial charge in [-0.2, -0.15) is 0 Å². The quantitative estimate of drug-likeness (QED) is 0.884. The SMILES string of the molecule is CC(N)c1ccc(N2CC3CCCC3C2)cc1Cl. The van der Waals surface area contributed by atoms with E-state index in [2.05, 4.69) is 23.1 Å². The van der Waals surface area contributed by atoms with Gasteiger partial charge in [0.05, 0.1) is 0 Å². The fourth-order valence-corrected chi connectivity index (χ4v) is 3.87. The molecule has 1 aliphatic carbocycles. The third kappa shape index (κ3) is 2.12. The summed E-state index contributed by atoms with van der Waals surface area (Å²) in [6.07, 6.45) is 4.24. The number of nitrogens with zero attached hydrogens (tertiary/aromatic N) is 1. The van der Waals surface area contributed by atoms with Crippen LogP contribution < -0.4 is 10.6 Å². The zero-order valence-electron chi connectivity index (χ0n) is 10.9. The van der Waals surface area contributed by atoms with Crippen LogP contribution in [0.3, 0.4) is 0 Å². The Labute approximate surface area is 114 Å². The molecule has 0 spiro atoms. The summed E-state index contributed by atoms with van der Waals surface area (Å²) < 4.78 is 0. The number of nitrogens with two attached hydrogens (primary N) is 1. The van der Waals surface area contributed by atoms with Gasteiger partial charge in [0, 0.05) is 29.8 Å². The van der Waals surface area contributed by atoms with Crippen LogP contribution in [-0.4, -0.2) is 13.1 Å². The minimum atomic E-state index is 0.00417. The Morgan fingerprint density at radius 2 is 1.94 bits per heavy atom. The third-order valence-electron chi connectivity index (χ3n) is 4.57. The van der Waals surface area contributed by atoms with Gasteiger partial charge in [-0.1, -0.05) is 24.1 Å². The first-order valence-electron chi connectivity index (χ1n) is 6.95. The van der Waals surface area contributed by atoms with Crippen LogP contribution in [0.2, 0.25) is 5.02 Å². The molecule has 0 radical (unpaired) electrons. The van der Waals surface area contributed by atoms with Crippen molar-refractivity contribution in [1.82, 2.24) is 0 Å². The molecule has 18 heavy (non-hydrogen) atoms. The van der Waals surface area contributed by atoms with Crippen LogP contribution in [0.25, 0.3) is 0 Å². The van der Waals surface area contributed by atoms with E-state index in [1.54, 1.807) is 0 Å². The second kappa shape index (κ2) is 4.75. The van der Waals surface area contributed by atoms with E-state index >= 15 is 0 Å². The Balaban J connectivity index is 1.79. The van der Waals surface area contributed by atoms with Crippen molar-refractivity contribution in [3.63, 3.8) is 0 Å².